The Kier molecular flexibility index (Phi) is 4.74. The van der Waals surface area contributed by atoms with Crippen LogP contribution in [-0.2, 0) is 6.42 Å². The fourth-order valence-electron chi connectivity index (χ4n) is 1.78. The van der Waals surface area contributed by atoms with Gasteiger partial charge in [0.25, 0.3) is 0 Å². The van der Waals surface area contributed by atoms with Gasteiger partial charge < -0.3 is 9.47 Å². The fourth-order valence-corrected chi connectivity index (χ4v) is 2.12. The van der Waals surface area contributed by atoms with E-state index in [2.05, 4.69) is 9.97 Å². The Morgan fingerprint density at radius 1 is 1.20 bits per heavy atom. The smallest absolute Gasteiger partial charge is 0.216 e. The molecule has 6 heteroatoms. The number of ether oxygens (including phenoxy) is 2. The van der Waals surface area contributed by atoms with E-state index >= 15 is 0 Å². The van der Waals surface area contributed by atoms with Gasteiger partial charge in [-0.2, -0.15) is 0 Å². The van der Waals surface area contributed by atoms with Crippen LogP contribution in [0.4, 0.5) is 4.39 Å². The second kappa shape index (κ2) is 6.52. The SMILES string of the molecule is COc1ccc(C(Cl)Cc2cc(OC)ncn2)c(F)c1. The number of aromatic nitrogens is 2. The molecule has 0 fully saturated rings. The summed E-state index contributed by atoms with van der Waals surface area (Å²) in [5, 5.41) is -0.527. The Morgan fingerprint density at radius 3 is 2.65 bits per heavy atom. The maximum Gasteiger partial charge on any atom is 0.216 e. The van der Waals surface area contributed by atoms with Gasteiger partial charge in [0.1, 0.15) is 17.9 Å². The molecule has 0 aliphatic carbocycles. The lowest BCUT2D eigenvalue weighted by molar-refractivity contribution is 0.396. The highest BCUT2D eigenvalue weighted by Gasteiger charge is 2.15. The van der Waals surface area contributed by atoms with E-state index in [0.29, 0.717) is 29.3 Å². The van der Waals surface area contributed by atoms with Crippen LogP contribution in [0, 0.1) is 5.82 Å². The van der Waals surface area contributed by atoms with Gasteiger partial charge in [-0.3, -0.25) is 0 Å². The van der Waals surface area contributed by atoms with Crippen LogP contribution in [0.2, 0.25) is 0 Å². The van der Waals surface area contributed by atoms with Crippen LogP contribution in [0.1, 0.15) is 16.6 Å². The molecule has 106 valence electrons. The molecule has 0 amide bonds. The van der Waals surface area contributed by atoms with Crippen LogP contribution in [0.15, 0.2) is 30.6 Å². The second-order valence-electron chi connectivity index (χ2n) is 4.11. The van der Waals surface area contributed by atoms with Crippen LogP contribution in [0.3, 0.4) is 0 Å². The van der Waals surface area contributed by atoms with Crippen LogP contribution in [0.5, 0.6) is 11.6 Å². The summed E-state index contributed by atoms with van der Waals surface area (Å²) >= 11 is 6.26. The zero-order chi connectivity index (χ0) is 14.5. The minimum absolute atomic E-state index is 0.379. The Hall–Kier alpha value is -1.88. The summed E-state index contributed by atoms with van der Waals surface area (Å²) < 4.78 is 23.9. The molecular formula is C14H14ClFN2O2. The monoisotopic (exact) mass is 296 g/mol. The average Bonchev–Trinajstić information content (AvgIpc) is 2.47. The summed E-state index contributed by atoms with van der Waals surface area (Å²) in [5.74, 6) is 0.512. The fraction of sp³-hybridized carbons (Fsp3) is 0.286. The molecule has 4 nitrogen and oxygen atoms in total. The van der Waals surface area contributed by atoms with Crippen molar-refractivity contribution in [2.45, 2.75) is 11.8 Å². The lowest BCUT2D eigenvalue weighted by Crippen LogP contribution is -2.02. The van der Waals surface area contributed by atoms with Gasteiger partial charge >= 0.3 is 0 Å². The molecule has 1 aromatic heterocycles. The molecule has 0 saturated heterocycles. The Morgan fingerprint density at radius 2 is 2.00 bits per heavy atom. The van der Waals surface area contributed by atoms with Crippen molar-refractivity contribution in [2.24, 2.45) is 0 Å². The third-order valence-electron chi connectivity index (χ3n) is 2.84. The minimum atomic E-state index is -0.527. The van der Waals surface area contributed by atoms with E-state index in [0.717, 1.165) is 0 Å². The molecule has 2 rings (SSSR count). The van der Waals surface area contributed by atoms with Crippen LogP contribution >= 0.6 is 11.6 Å². The van der Waals surface area contributed by atoms with Gasteiger partial charge in [0.15, 0.2) is 0 Å². The predicted octanol–water partition coefficient (Wildman–Crippen LogP) is 3.16. The summed E-state index contributed by atoms with van der Waals surface area (Å²) in [6.07, 6.45) is 1.77. The molecule has 1 unspecified atom stereocenters. The molecule has 0 radical (unpaired) electrons. The van der Waals surface area contributed by atoms with Gasteiger partial charge in [-0.1, -0.05) is 6.07 Å². The third kappa shape index (κ3) is 3.36. The third-order valence-corrected chi connectivity index (χ3v) is 3.23. The number of alkyl halides is 1. The number of hydrogen-bond acceptors (Lipinski definition) is 4. The van der Waals surface area contributed by atoms with Gasteiger partial charge in [-0.05, 0) is 6.07 Å². The van der Waals surface area contributed by atoms with Gasteiger partial charge in [-0.25, -0.2) is 14.4 Å². The van der Waals surface area contributed by atoms with Crippen LogP contribution in [0.25, 0.3) is 0 Å². The first kappa shape index (κ1) is 14.5. The van der Waals surface area contributed by atoms with E-state index in [1.807, 2.05) is 0 Å². The molecule has 1 atom stereocenters. The maximum atomic E-state index is 13.9. The number of methoxy groups -OCH3 is 2. The van der Waals surface area contributed by atoms with E-state index in [1.54, 1.807) is 18.2 Å². The number of hydrogen-bond donors (Lipinski definition) is 0. The first-order valence-corrected chi connectivity index (χ1v) is 6.40. The highest BCUT2D eigenvalue weighted by Crippen LogP contribution is 2.29. The summed E-state index contributed by atoms with van der Waals surface area (Å²) in [6, 6.07) is 6.28. The van der Waals surface area contributed by atoms with E-state index in [-0.39, 0.29) is 0 Å². The zero-order valence-electron chi connectivity index (χ0n) is 11.1. The first-order chi connectivity index (χ1) is 9.63. The molecule has 0 saturated carbocycles. The summed E-state index contributed by atoms with van der Waals surface area (Å²) in [5.41, 5.74) is 1.09. The number of benzene rings is 1. The first-order valence-electron chi connectivity index (χ1n) is 5.96. The quantitative estimate of drug-likeness (QED) is 0.795. The molecule has 0 bridgehead atoms. The summed E-state index contributed by atoms with van der Waals surface area (Å²) in [4.78, 5) is 8.00. The maximum absolute atomic E-state index is 13.9. The molecule has 0 N–H and O–H groups in total. The summed E-state index contributed by atoms with van der Waals surface area (Å²) in [7, 11) is 3.01. The van der Waals surface area contributed by atoms with Crippen molar-refractivity contribution in [1.29, 1.82) is 0 Å². The van der Waals surface area contributed by atoms with E-state index in [4.69, 9.17) is 21.1 Å². The van der Waals surface area contributed by atoms with Gasteiger partial charge in [-0.15, -0.1) is 11.6 Å². The van der Waals surface area contributed by atoms with Crippen molar-refractivity contribution in [3.8, 4) is 11.6 Å². The molecule has 0 aliphatic heterocycles. The van der Waals surface area contributed by atoms with Crippen molar-refractivity contribution < 1.29 is 13.9 Å². The summed E-state index contributed by atoms with van der Waals surface area (Å²) in [6.45, 7) is 0. The molecule has 2 aromatic rings. The Labute approximate surface area is 121 Å². The van der Waals surface area contributed by atoms with Crippen LogP contribution in [-0.4, -0.2) is 24.2 Å². The van der Waals surface area contributed by atoms with E-state index in [1.165, 1.54) is 26.6 Å². The lowest BCUT2D eigenvalue weighted by Gasteiger charge is -2.11. The predicted molar refractivity (Wildman–Crippen MR) is 73.8 cm³/mol. The molecule has 0 spiro atoms. The lowest BCUT2D eigenvalue weighted by atomic mass is 10.1. The van der Waals surface area contributed by atoms with Gasteiger partial charge in [0.2, 0.25) is 5.88 Å². The van der Waals surface area contributed by atoms with E-state index < -0.39 is 11.2 Å². The van der Waals surface area contributed by atoms with Crippen molar-refractivity contribution in [3.63, 3.8) is 0 Å². The van der Waals surface area contributed by atoms with E-state index in [9.17, 15) is 4.39 Å². The normalized spacial score (nSPS) is 12.0. The van der Waals surface area contributed by atoms with Crippen LogP contribution < -0.4 is 9.47 Å². The Balaban J connectivity index is 2.16. The molecular weight excluding hydrogens is 283 g/mol. The van der Waals surface area contributed by atoms with Gasteiger partial charge in [0, 0.05) is 29.8 Å². The molecule has 20 heavy (non-hydrogen) atoms. The molecule has 1 heterocycles. The molecule has 1 aromatic carbocycles. The Bertz CT molecular complexity index is 595. The van der Waals surface area contributed by atoms with Crippen molar-refractivity contribution >= 4 is 11.6 Å². The van der Waals surface area contributed by atoms with Crippen molar-refractivity contribution in [3.05, 3.63) is 47.7 Å². The number of nitrogens with zero attached hydrogens (tertiary/aromatic N) is 2. The highest BCUT2D eigenvalue weighted by atomic mass is 35.5. The average molecular weight is 297 g/mol. The number of rotatable bonds is 5. The highest BCUT2D eigenvalue weighted by molar-refractivity contribution is 6.20. The molecule has 0 aliphatic rings. The topological polar surface area (TPSA) is 44.2 Å². The van der Waals surface area contributed by atoms with Gasteiger partial charge in [0.05, 0.1) is 19.6 Å². The second-order valence-corrected chi connectivity index (χ2v) is 4.64. The number of halogens is 2. The minimum Gasteiger partial charge on any atom is -0.497 e. The van der Waals surface area contributed by atoms with Crippen molar-refractivity contribution in [1.82, 2.24) is 9.97 Å². The zero-order valence-corrected chi connectivity index (χ0v) is 11.9. The standard InChI is InChI=1S/C14H14ClFN2O2/c1-19-10-3-4-11(13(16)7-10)12(15)5-9-6-14(20-2)18-8-17-9/h3-4,6-8,12H,5H2,1-2H3. The van der Waals surface area contributed by atoms with Crippen molar-refractivity contribution in [2.75, 3.05) is 14.2 Å². The largest absolute Gasteiger partial charge is 0.497 e.